The molecule has 0 bridgehead atoms. The van der Waals surface area contributed by atoms with Gasteiger partial charge in [0.1, 0.15) is 0 Å². The van der Waals surface area contributed by atoms with Gasteiger partial charge in [0, 0.05) is 0 Å². The summed E-state index contributed by atoms with van der Waals surface area (Å²) in [7, 11) is 0. The third kappa shape index (κ3) is 6.36. The number of alkyl halides is 6. The van der Waals surface area contributed by atoms with Crippen molar-refractivity contribution in [2.24, 2.45) is 0 Å². The van der Waals surface area contributed by atoms with E-state index in [1.54, 1.807) is 0 Å². The van der Waals surface area contributed by atoms with E-state index < -0.39 is 44.6 Å². The van der Waals surface area contributed by atoms with Gasteiger partial charge in [0.25, 0.3) is 0 Å². The molecular weight excluding hydrogens is 246 g/mol. The largest absolute Gasteiger partial charge is 0.508 e. The highest BCUT2D eigenvalue weighted by Crippen LogP contribution is 2.16. The number of ether oxygens (including phenoxy) is 2. The summed E-state index contributed by atoms with van der Waals surface area (Å²) in [5.74, 6) is -7.80. The van der Waals surface area contributed by atoms with Crippen molar-refractivity contribution in [3.8, 4) is 0 Å². The van der Waals surface area contributed by atoms with Crippen molar-refractivity contribution in [3.05, 3.63) is 0 Å². The Morgan fingerprint density at radius 3 is 1.44 bits per heavy atom. The van der Waals surface area contributed by atoms with Crippen LogP contribution in [0.3, 0.4) is 0 Å². The minimum absolute atomic E-state index is 1.64. The Kier molecular flexibility index (Phi) is 5.39. The van der Waals surface area contributed by atoms with Crippen LogP contribution < -0.4 is 0 Å². The first-order valence-corrected chi connectivity index (χ1v) is 3.89. The topological polar surface area (TPSA) is 35.5 Å². The standard InChI is InChI=1S/C7H8F6O3/c8-1-6(10,11)3-15-5(14)16-4-7(12,13)2-9/h1-4H2. The van der Waals surface area contributed by atoms with Gasteiger partial charge in [-0.25, -0.2) is 13.6 Å². The molecule has 0 aromatic rings. The second kappa shape index (κ2) is 5.80. The van der Waals surface area contributed by atoms with Crippen molar-refractivity contribution in [1.82, 2.24) is 0 Å². The maximum atomic E-state index is 12.1. The third-order valence-corrected chi connectivity index (χ3v) is 1.19. The van der Waals surface area contributed by atoms with E-state index >= 15 is 0 Å². The maximum Gasteiger partial charge on any atom is 0.508 e. The lowest BCUT2D eigenvalue weighted by Crippen LogP contribution is -2.31. The average molecular weight is 254 g/mol. The molecule has 0 N–H and O–H groups in total. The Morgan fingerprint density at radius 2 is 1.19 bits per heavy atom. The van der Waals surface area contributed by atoms with Crippen LogP contribution in [-0.2, 0) is 9.47 Å². The van der Waals surface area contributed by atoms with Gasteiger partial charge in [-0.05, 0) is 0 Å². The number of carbonyl (C=O) groups is 1. The molecule has 0 atom stereocenters. The Balaban J connectivity index is 3.85. The second-order valence-corrected chi connectivity index (χ2v) is 2.81. The van der Waals surface area contributed by atoms with Crippen molar-refractivity contribution in [2.45, 2.75) is 11.8 Å². The van der Waals surface area contributed by atoms with E-state index in [9.17, 15) is 31.1 Å². The van der Waals surface area contributed by atoms with Gasteiger partial charge in [0.05, 0.1) is 0 Å². The molecular formula is C7H8F6O3. The van der Waals surface area contributed by atoms with Crippen molar-refractivity contribution in [2.75, 3.05) is 26.6 Å². The monoisotopic (exact) mass is 254 g/mol. The molecule has 0 aliphatic rings. The van der Waals surface area contributed by atoms with E-state index in [-0.39, 0.29) is 0 Å². The van der Waals surface area contributed by atoms with Crippen LogP contribution in [0.15, 0.2) is 0 Å². The minimum atomic E-state index is -3.90. The molecule has 0 aliphatic heterocycles. The zero-order valence-corrected chi connectivity index (χ0v) is 7.82. The molecule has 0 aliphatic carbocycles. The molecule has 96 valence electrons. The summed E-state index contributed by atoms with van der Waals surface area (Å²) in [6, 6.07) is 0. The summed E-state index contributed by atoms with van der Waals surface area (Å²) in [4.78, 5) is 10.4. The fourth-order valence-electron chi connectivity index (χ4n) is 0.448. The normalized spacial score (nSPS) is 12.4. The van der Waals surface area contributed by atoms with Crippen molar-refractivity contribution < 1.29 is 40.6 Å². The van der Waals surface area contributed by atoms with Gasteiger partial charge in [-0.2, -0.15) is 17.6 Å². The van der Waals surface area contributed by atoms with E-state index in [0.29, 0.717) is 0 Å². The number of hydrogen-bond donors (Lipinski definition) is 0. The zero-order chi connectivity index (χ0) is 12.8. The van der Waals surface area contributed by atoms with Crippen LogP contribution in [0.2, 0.25) is 0 Å². The molecule has 0 unspecified atom stereocenters. The number of rotatable bonds is 6. The molecule has 0 spiro atoms. The lowest BCUT2D eigenvalue weighted by Gasteiger charge is -2.14. The van der Waals surface area contributed by atoms with E-state index in [4.69, 9.17) is 0 Å². The highest BCUT2D eigenvalue weighted by Gasteiger charge is 2.34. The van der Waals surface area contributed by atoms with Crippen LogP contribution in [0, 0.1) is 0 Å². The molecule has 0 saturated carbocycles. The third-order valence-electron chi connectivity index (χ3n) is 1.19. The summed E-state index contributed by atoms with van der Waals surface area (Å²) in [5, 5.41) is 0. The molecule has 0 aromatic heterocycles. The molecule has 9 heteroatoms. The summed E-state index contributed by atoms with van der Waals surface area (Å²) in [6.45, 7) is -7.41. The predicted molar refractivity (Wildman–Crippen MR) is 39.1 cm³/mol. The molecule has 0 amide bonds. The molecule has 0 aromatic carbocycles. The molecule has 16 heavy (non-hydrogen) atoms. The van der Waals surface area contributed by atoms with E-state index in [1.165, 1.54) is 0 Å². The fourth-order valence-corrected chi connectivity index (χ4v) is 0.448. The highest BCUT2D eigenvalue weighted by molar-refractivity contribution is 5.59. The molecule has 3 nitrogen and oxygen atoms in total. The van der Waals surface area contributed by atoms with Crippen molar-refractivity contribution in [3.63, 3.8) is 0 Å². The fraction of sp³-hybridized carbons (Fsp3) is 0.857. The van der Waals surface area contributed by atoms with Crippen molar-refractivity contribution >= 4 is 6.16 Å². The highest BCUT2D eigenvalue weighted by atomic mass is 19.3. The first kappa shape index (κ1) is 14.8. The summed E-state index contributed by atoms with van der Waals surface area (Å²) < 4.78 is 78.8. The van der Waals surface area contributed by atoms with Gasteiger partial charge in [0.2, 0.25) is 0 Å². The number of halogens is 6. The van der Waals surface area contributed by atoms with Crippen LogP contribution in [0.1, 0.15) is 0 Å². The van der Waals surface area contributed by atoms with Gasteiger partial charge >= 0.3 is 18.0 Å². The summed E-state index contributed by atoms with van der Waals surface area (Å²) >= 11 is 0. The molecule has 0 heterocycles. The first-order chi connectivity index (χ1) is 7.22. The molecule has 0 saturated heterocycles. The van der Waals surface area contributed by atoms with Crippen LogP contribution in [-0.4, -0.2) is 44.6 Å². The number of hydrogen-bond acceptors (Lipinski definition) is 3. The van der Waals surface area contributed by atoms with Crippen LogP contribution in [0.4, 0.5) is 31.1 Å². The van der Waals surface area contributed by atoms with Crippen LogP contribution in [0.5, 0.6) is 0 Å². The molecule has 0 radical (unpaired) electrons. The smallest absolute Gasteiger partial charge is 0.428 e. The van der Waals surface area contributed by atoms with Gasteiger partial charge < -0.3 is 9.47 Å². The Bertz CT molecular complexity index is 210. The maximum absolute atomic E-state index is 12.1. The van der Waals surface area contributed by atoms with Crippen LogP contribution in [0.25, 0.3) is 0 Å². The van der Waals surface area contributed by atoms with E-state index in [1.807, 2.05) is 0 Å². The molecule has 0 fully saturated rings. The lowest BCUT2D eigenvalue weighted by molar-refractivity contribution is -0.104. The SMILES string of the molecule is O=C(OCC(F)(F)CF)OCC(F)(F)CF. The lowest BCUT2D eigenvalue weighted by atomic mass is 10.4. The van der Waals surface area contributed by atoms with E-state index in [2.05, 4.69) is 9.47 Å². The van der Waals surface area contributed by atoms with Gasteiger partial charge in [-0.3, -0.25) is 0 Å². The number of carbonyl (C=O) groups excluding carboxylic acids is 1. The van der Waals surface area contributed by atoms with Crippen molar-refractivity contribution in [1.29, 1.82) is 0 Å². The van der Waals surface area contributed by atoms with Gasteiger partial charge in [-0.1, -0.05) is 0 Å². The summed E-state index contributed by atoms with van der Waals surface area (Å²) in [5.41, 5.74) is 0. The second-order valence-electron chi connectivity index (χ2n) is 2.81. The summed E-state index contributed by atoms with van der Waals surface area (Å²) in [6.07, 6.45) is -1.85. The Morgan fingerprint density at radius 1 is 0.875 bits per heavy atom. The first-order valence-electron chi connectivity index (χ1n) is 3.89. The molecule has 0 rings (SSSR count). The minimum Gasteiger partial charge on any atom is -0.428 e. The zero-order valence-electron chi connectivity index (χ0n) is 7.82. The quantitative estimate of drug-likeness (QED) is 0.539. The van der Waals surface area contributed by atoms with Crippen LogP contribution >= 0.6 is 0 Å². The Hall–Kier alpha value is -1.15. The predicted octanol–water partition coefficient (Wildman–Crippen LogP) is 2.35. The van der Waals surface area contributed by atoms with E-state index in [0.717, 1.165) is 0 Å². The van der Waals surface area contributed by atoms with Gasteiger partial charge in [-0.15, -0.1) is 0 Å². The van der Waals surface area contributed by atoms with Gasteiger partial charge in [0.15, 0.2) is 26.6 Å². The Labute approximate surface area is 86.3 Å². The average Bonchev–Trinajstić information content (AvgIpc) is 2.24.